The maximum atomic E-state index is 11.6. The Bertz CT molecular complexity index is 684. The molecule has 2 aromatic carbocycles. The highest BCUT2D eigenvalue weighted by atomic mass is 16.5. The lowest BCUT2D eigenvalue weighted by Gasteiger charge is -2.03. The van der Waals surface area contributed by atoms with Gasteiger partial charge in [-0.25, -0.2) is 5.43 Å². The van der Waals surface area contributed by atoms with E-state index >= 15 is 0 Å². The van der Waals surface area contributed by atoms with E-state index in [1.54, 1.807) is 55.6 Å². The van der Waals surface area contributed by atoms with E-state index in [-0.39, 0.29) is 0 Å². The number of benzene rings is 2. The summed E-state index contributed by atoms with van der Waals surface area (Å²) in [6, 6.07) is 15.8. The average Bonchev–Trinajstić information content (AvgIpc) is 2.56. The highest BCUT2D eigenvalue weighted by Gasteiger charge is 2.12. The van der Waals surface area contributed by atoms with Crippen LogP contribution in [0.25, 0.3) is 0 Å². The van der Waals surface area contributed by atoms with Gasteiger partial charge >= 0.3 is 11.8 Å². The Morgan fingerprint density at radius 3 is 2.55 bits per heavy atom. The molecule has 0 aliphatic heterocycles. The minimum absolute atomic E-state index is 0.541. The molecule has 0 aliphatic rings. The summed E-state index contributed by atoms with van der Waals surface area (Å²) in [4.78, 5) is 23.2. The third-order valence-corrected chi connectivity index (χ3v) is 2.71. The van der Waals surface area contributed by atoms with Gasteiger partial charge in [0, 0.05) is 5.69 Å². The molecule has 6 heteroatoms. The molecular weight excluding hydrogens is 282 g/mol. The second-order valence-corrected chi connectivity index (χ2v) is 4.30. The molecular formula is C16H15N3O3. The Balaban J connectivity index is 1.89. The smallest absolute Gasteiger partial charge is 0.329 e. The maximum absolute atomic E-state index is 11.6. The predicted molar refractivity (Wildman–Crippen MR) is 83.8 cm³/mol. The van der Waals surface area contributed by atoms with Crippen molar-refractivity contribution in [3.05, 3.63) is 60.2 Å². The number of hydrogen-bond donors (Lipinski definition) is 2. The first-order valence-corrected chi connectivity index (χ1v) is 6.52. The summed E-state index contributed by atoms with van der Waals surface area (Å²) >= 11 is 0. The van der Waals surface area contributed by atoms with E-state index in [1.807, 2.05) is 6.07 Å². The van der Waals surface area contributed by atoms with E-state index in [1.165, 1.54) is 6.21 Å². The number of nitrogens with zero attached hydrogens (tertiary/aromatic N) is 1. The molecule has 2 aromatic rings. The van der Waals surface area contributed by atoms with Crippen molar-refractivity contribution in [3.8, 4) is 5.75 Å². The summed E-state index contributed by atoms with van der Waals surface area (Å²) in [6.07, 6.45) is 1.43. The molecule has 0 unspecified atom stereocenters. The molecule has 2 N–H and O–H groups in total. The quantitative estimate of drug-likeness (QED) is 0.513. The number of para-hydroxylation sites is 1. The molecule has 2 rings (SSSR count). The number of hydrogen-bond acceptors (Lipinski definition) is 4. The van der Waals surface area contributed by atoms with Crippen molar-refractivity contribution in [2.45, 2.75) is 0 Å². The molecule has 2 amide bonds. The van der Waals surface area contributed by atoms with E-state index in [4.69, 9.17) is 4.74 Å². The summed E-state index contributed by atoms with van der Waals surface area (Å²) in [6.45, 7) is 0. The highest BCUT2D eigenvalue weighted by Crippen LogP contribution is 2.10. The minimum atomic E-state index is -0.844. The molecule has 0 aliphatic carbocycles. The summed E-state index contributed by atoms with van der Waals surface area (Å²) in [5.41, 5.74) is 3.45. The van der Waals surface area contributed by atoms with Crippen molar-refractivity contribution in [2.24, 2.45) is 5.10 Å². The van der Waals surface area contributed by atoms with Crippen LogP contribution in [0.15, 0.2) is 59.7 Å². The van der Waals surface area contributed by atoms with Crippen molar-refractivity contribution in [2.75, 3.05) is 12.4 Å². The van der Waals surface area contributed by atoms with E-state index in [0.29, 0.717) is 11.4 Å². The summed E-state index contributed by atoms with van der Waals surface area (Å²) in [7, 11) is 1.56. The van der Waals surface area contributed by atoms with Crippen molar-refractivity contribution in [3.63, 3.8) is 0 Å². The first-order valence-electron chi connectivity index (χ1n) is 6.52. The summed E-state index contributed by atoms with van der Waals surface area (Å²) in [5.74, 6) is -0.950. The van der Waals surface area contributed by atoms with Gasteiger partial charge in [0.05, 0.1) is 13.3 Å². The Labute approximate surface area is 127 Å². The molecule has 0 radical (unpaired) electrons. The van der Waals surface area contributed by atoms with Crippen LogP contribution in [0, 0.1) is 0 Å². The number of hydrazone groups is 1. The zero-order valence-corrected chi connectivity index (χ0v) is 11.9. The summed E-state index contributed by atoms with van der Waals surface area (Å²) < 4.78 is 5.07. The molecule has 22 heavy (non-hydrogen) atoms. The van der Waals surface area contributed by atoms with E-state index < -0.39 is 11.8 Å². The van der Waals surface area contributed by atoms with Crippen LogP contribution >= 0.6 is 0 Å². The van der Waals surface area contributed by atoms with Crippen LogP contribution in [0.1, 0.15) is 5.56 Å². The van der Waals surface area contributed by atoms with Gasteiger partial charge in [0.1, 0.15) is 5.75 Å². The van der Waals surface area contributed by atoms with Gasteiger partial charge in [-0.15, -0.1) is 0 Å². The Kier molecular flexibility index (Phi) is 5.25. The number of amides is 2. The third-order valence-electron chi connectivity index (χ3n) is 2.71. The first-order chi connectivity index (χ1) is 10.7. The molecule has 0 bridgehead atoms. The van der Waals surface area contributed by atoms with Crippen LogP contribution in [0.4, 0.5) is 5.69 Å². The van der Waals surface area contributed by atoms with Crippen LogP contribution in [-0.4, -0.2) is 25.1 Å². The molecule has 0 atom stereocenters. The predicted octanol–water partition coefficient (Wildman–Crippen LogP) is 1.78. The van der Waals surface area contributed by atoms with Gasteiger partial charge in [0.15, 0.2) is 0 Å². The van der Waals surface area contributed by atoms with Gasteiger partial charge in [-0.05, 0) is 29.8 Å². The van der Waals surface area contributed by atoms with Crippen LogP contribution in [0.2, 0.25) is 0 Å². The Hall–Kier alpha value is -3.15. The Morgan fingerprint density at radius 2 is 1.82 bits per heavy atom. The second kappa shape index (κ2) is 7.58. The fourth-order valence-electron chi connectivity index (χ4n) is 1.65. The van der Waals surface area contributed by atoms with Gasteiger partial charge in [-0.3, -0.25) is 9.59 Å². The normalized spacial score (nSPS) is 10.2. The SMILES string of the molecule is COc1cccc(/C=N/NC(=O)C(=O)Nc2ccccc2)c1. The van der Waals surface area contributed by atoms with E-state index in [9.17, 15) is 9.59 Å². The molecule has 0 aromatic heterocycles. The number of rotatable bonds is 4. The zero-order chi connectivity index (χ0) is 15.8. The van der Waals surface area contributed by atoms with Gasteiger partial charge < -0.3 is 10.1 Å². The van der Waals surface area contributed by atoms with Crippen molar-refractivity contribution >= 4 is 23.7 Å². The van der Waals surface area contributed by atoms with Crippen molar-refractivity contribution in [1.82, 2.24) is 5.43 Å². The maximum Gasteiger partial charge on any atom is 0.329 e. The molecule has 112 valence electrons. The van der Waals surface area contributed by atoms with Gasteiger partial charge in [0.2, 0.25) is 0 Å². The van der Waals surface area contributed by atoms with Gasteiger partial charge in [-0.1, -0.05) is 30.3 Å². The van der Waals surface area contributed by atoms with Crippen LogP contribution in [0.3, 0.4) is 0 Å². The number of carbonyl (C=O) groups excluding carboxylic acids is 2. The average molecular weight is 297 g/mol. The van der Waals surface area contributed by atoms with E-state index in [2.05, 4.69) is 15.8 Å². The molecule has 0 spiro atoms. The minimum Gasteiger partial charge on any atom is -0.497 e. The lowest BCUT2D eigenvalue weighted by molar-refractivity contribution is -0.136. The van der Waals surface area contributed by atoms with Crippen molar-refractivity contribution < 1.29 is 14.3 Å². The fraction of sp³-hybridized carbons (Fsp3) is 0.0625. The first kappa shape index (κ1) is 15.2. The highest BCUT2D eigenvalue weighted by molar-refractivity contribution is 6.39. The topological polar surface area (TPSA) is 79.8 Å². The lowest BCUT2D eigenvalue weighted by Crippen LogP contribution is -2.32. The second-order valence-electron chi connectivity index (χ2n) is 4.30. The van der Waals surface area contributed by atoms with Crippen LogP contribution in [0.5, 0.6) is 5.75 Å². The van der Waals surface area contributed by atoms with Gasteiger partial charge in [-0.2, -0.15) is 5.10 Å². The number of anilines is 1. The molecule has 6 nitrogen and oxygen atoms in total. The zero-order valence-electron chi connectivity index (χ0n) is 11.9. The third kappa shape index (κ3) is 4.45. The van der Waals surface area contributed by atoms with Crippen LogP contribution in [-0.2, 0) is 9.59 Å². The number of methoxy groups -OCH3 is 1. The number of carbonyl (C=O) groups is 2. The number of nitrogens with one attached hydrogen (secondary N) is 2. The van der Waals surface area contributed by atoms with Crippen LogP contribution < -0.4 is 15.5 Å². The van der Waals surface area contributed by atoms with Crippen molar-refractivity contribution in [1.29, 1.82) is 0 Å². The largest absolute Gasteiger partial charge is 0.497 e. The fourth-order valence-corrected chi connectivity index (χ4v) is 1.65. The molecule has 0 heterocycles. The molecule has 0 fully saturated rings. The van der Waals surface area contributed by atoms with Gasteiger partial charge in [0.25, 0.3) is 0 Å². The lowest BCUT2D eigenvalue weighted by atomic mass is 10.2. The summed E-state index contributed by atoms with van der Waals surface area (Å²) in [5, 5.41) is 6.20. The molecule has 0 saturated heterocycles. The monoisotopic (exact) mass is 297 g/mol. The Morgan fingerprint density at radius 1 is 1.05 bits per heavy atom. The molecule has 0 saturated carbocycles. The number of ether oxygens (including phenoxy) is 1. The standard InChI is InChI=1S/C16H15N3O3/c1-22-14-9-5-6-12(10-14)11-17-19-16(21)15(20)18-13-7-3-2-4-8-13/h2-11H,1H3,(H,18,20)(H,19,21)/b17-11+. The van der Waals surface area contributed by atoms with E-state index in [0.717, 1.165) is 5.56 Å².